The summed E-state index contributed by atoms with van der Waals surface area (Å²) in [5.74, 6) is 0. The van der Waals surface area contributed by atoms with Gasteiger partial charge >= 0.3 is 0 Å². The molecule has 0 saturated heterocycles. The van der Waals surface area contributed by atoms with Gasteiger partial charge in [-0.2, -0.15) is 0 Å². The molecule has 0 bridgehead atoms. The maximum Gasteiger partial charge on any atom is 0.0226 e. The molecule has 0 heterocycles. The lowest BCUT2D eigenvalue weighted by Crippen LogP contribution is -2.17. The summed E-state index contributed by atoms with van der Waals surface area (Å²) in [6.07, 6.45) is 31.2. The Bertz CT molecular complexity index is 308. The predicted octanol–water partition coefficient (Wildman–Crippen LogP) is 9.91. The van der Waals surface area contributed by atoms with Crippen molar-refractivity contribution in [2.24, 2.45) is 5.73 Å². The van der Waals surface area contributed by atoms with E-state index >= 15 is 0 Å². The lowest BCUT2D eigenvalue weighted by atomic mass is 9.96. The van der Waals surface area contributed by atoms with Crippen LogP contribution in [0.15, 0.2) is 11.6 Å². The molecule has 0 saturated carbocycles. The Balaban J connectivity index is 0. The number of rotatable bonds is 22. The quantitative estimate of drug-likeness (QED) is 0.134. The Morgan fingerprint density at radius 3 is 1.31 bits per heavy atom. The zero-order valence-electron chi connectivity index (χ0n) is 20.5. The molecule has 0 radical (unpaired) electrons. The van der Waals surface area contributed by atoms with Gasteiger partial charge in [-0.25, -0.2) is 0 Å². The van der Waals surface area contributed by atoms with Gasteiger partial charge in [0.1, 0.15) is 0 Å². The van der Waals surface area contributed by atoms with E-state index in [9.17, 15) is 0 Å². The summed E-state index contributed by atoms with van der Waals surface area (Å²) in [5, 5.41) is 0. The highest BCUT2D eigenvalue weighted by atomic mass is 35.5. The number of unbranched alkanes of at least 4 members (excludes halogenated alkanes) is 15. The minimum atomic E-state index is 0. The Kier molecular flexibility index (Phi) is 28.0. The lowest BCUT2D eigenvalue weighted by Gasteiger charge is -2.13. The van der Waals surface area contributed by atoms with Crippen molar-refractivity contribution < 1.29 is 0 Å². The second-order valence-electron chi connectivity index (χ2n) is 9.08. The van der Waals surface area contributed by atoms with Gasteiger partial charge in [-0.05, 0) is 32.1 Å². The number of halogens is 1. The summed E-state index contributed by atoms with van der Waals surface area (Å²) in [7, 11) is 0. The fraction of sp³-hybridized carbons (Fsp3) is 0.926. The lowest BCUT2D eigenvalue weighted by molar-refractivity contribution is 0.562. The first-order valence-electron chi connectivity index (χ1n) is 13.2. The zero-order valence-corrected chi connectivity index (χ0v) is 21.3. The molecule has 0 aliphatic heterocycles. The first-order chi connectivity index (χ1) is 13.7. The average Bonchev–Trinajstić information content (AvgIpc) is 2.69. The smallest absolute Gasteiger partial charge is 0.0226 e. The van der Waals surface area contributed by atoms with Crippen LogP contribution in [-0.4, -0.2) is 6.04 Å². The van der Waals surface area contributed by atoms with E-state index in [4.69, 9.17) is 5.73 Å². The van der Waals surface area contributed by atoms with Gasteiger partial charge in [0.05, 0.1) is 0 Å². The molecule has 0 amide bonds. The standard InChI is InChI=1S/C27H55N.ClH/c1-4-7-10-13-16-19-22-26(23-20-17-14-11-8-5-2)25-27(28)24-21-18-15-12-9-6-3;/h25,27H,4-24,28H2,1-3H3;1H. The van der Waals surface area contributed by atoms with Gasteiger partial charge in [0.25, 0.3) is 0 Å². The SMILES string of the molecule is CCCCCCCCC(=CC(N)CCCCCCCC)CCCCCCCC.Cl. The number of hydrogen-bond donors (Lipinski definition) is 1. The van der Waals surface area contributed by atoms with Crippen LogP contribution in [0.1, 0.15) is 156 Å². The van der Waals surface area contributed by atoms with E-state index in [0.29, 0.717) is 6.04 Å². The molecular weight excluding hydrogens is 374 g/mol. The van der Waals surface area contributed by atoms with E-state index < -0.39 is 0 Å². The predicted molar refractivity (Wildman–Crippen MR) is 137 cm³/mol. The summed E-state index contributed by atoms with van der Waals surface area (Å²) in [6, 6.07) is 0.293. The summed E-state index contributed by atoms with van der Waals surface area (Å²) < 4.78 is 0. The first-order valence-corrected chi connectivity index (χ1v) is 13.2. The third-order valence-corrected chi connectivity index (χ3v) is 6.04. The van der Waals surface area contributed by atoms with Crippen LogP contribution in [0.2, 0.25) is 0 Å². The Hall–Kier alpha value is -0.0100. The Morgan fingerprint density at radius 2 is 0.897 bits per heavy atom. The molecule has 29 heavy (non-hydrogen) atoms. The van der Waals surface area contributed by atoms with Gasteiger partial charge < -0.3 is 5.73 Å². The maximum absolute atomic E-state index is 6.48. The van der Waals surface area contributed by atoms with Crippen molar-refractivity contribution >= 4 is 12.4 Å². The third-order valence-electron chi connectivity index (χ3n) is 6.04. The first kappa shape index (κ1) is 31.2. The monoisotopic (exact) mass is 429 g/mol. The normalized spacial score (nSPS) is 11.9. The third kappa shape index (κ3) is 24.1. The van der Waals surface area contributed by atoms with Crippen LogP contribution in [0.5, 0.6) is 0 Å². The molecule has 0 fully saturated rings. The van der Waals surface area contributed by atoms with E-state index in [1.165, 1.54) is 135 Å². The summed E-state index contributed by atoms with van der Waals surface area (Å²) >= 11 is 0. The number of nitrogens with two attached hydrogens (primary N) is 1. The van der Waals surface area contributed by atoms with E-state index in [2.05, 4.69) is 26.8 Å². The van der Waals surface area contributed by atoms with Gasteiger partial charge in [-0.3, -0.25) is 0 Å². The van der Waals surface area contributed by atoms with E-state index in [1.54, 1.807) is 5.57 Å². The number of allylic oxidation sites excluding steroid dienone is 1. The van der Waals surface area contributed by atoms with E-state index in [1.807, 2.05) is 0 Å². The zero-order chi connectivity index (χ0) is 20.7. The van der Waals surface area contributed by atoms with E-state index in [-0.39, 0.29) is 12.4 Å². The fourth-order valence-corrected chi connectivity index (χ4v) is 4.10. The molecule has 0 aromatic carbocycles. The second-order valence-corrected chi connectivity index (χ2v) is 9.08. The van der Waals surface area contributed by atoms with Crippen LogP contribution in [-0.2, 0) is 0 Å². The minimum absolute atomic E-state index is 0. The maximum atomic E-state index is 6.48. The molecule has 1 atom stereocenters. The molecule has 0 aliphatic rings. The van der Waals surface area contributed by atoms with Crippen LogP contribution >= 0.6 is 12.4 Å². The van der Waals surface area contributed by atoms with Crippen molar-refractivity contribution in [3.05, 3.63) is 11.6 Å². The molecule has 1 unspecified atom stereocenters. The van der Waals surface area contributed by atoms with Crippen LogP contribution in [0.4, 0.5) is 0 Å². The van der Waals surface area contributed by atoms with Gasteiger partial charge in [0.15, 0.2) is 0 Å². The average molecular weight is 430 g/mol. The van der Waals surface area contributed by atoms with Crippen molar-refractivity contribution in [1.29, 1.82) is 0 Å². The summed E-state index contributed by atoms with van der Waals surface area (Å²) in [5.41, 5.74) is 8.15. The molecule has 0 spiro atoms. The molecule has 2 heteroatoms. The van der Waals surface area contributed by atoms with Gasteiger partial charge in [-0.15, -0.1) is 12.4 Å². The highest BCUT2D eigenvalue weighted by Gasteiger charge is 2.04. The Morgan fingerprint density at radius 1 is 0.552 bits per heavy atom. The van der Waals surface area contributed by atoms with Gasteiger partial charge in [-0.1, -0.05) is 135 Å². The Labute approximate surface area is 191 Å². The van der Waals surface area contributed by atoms with E-state index in [0.717, 1.165) is 0 Å². The minimum Gasteiger partial charge on any atom is -0.324 e. The molecule has 0 aromatic heterocycles. The molecule has 2 N–H and O–H groups in total. The topological polar surface area (TPSA) is 26.0 Å². The molecule has 176 valence electrons. The van der Waals surface area contributed by atoms with Crippen LogP contribution in [0.3, 0.4) is 0 Å². The van der Waals surface area contributed by atoms with Crippen LogP contribution in [0.25, 0.3) is 0 Å². The van der Waals surface area contributed by atoms with Gasteiger partial charge in [0.2, 0.25) is 0 Å². The van der Waals surface area contributed by atoms with Crippen LogP contribution < -0.4 is 5.73 Å². The van der Waals surface area contributed by atoms with Crippen molar-refractivity contribution in [2.75, 3.05) is 0 Å². The summed E-state index contributed by atoms with van der Waals surface area (Å²) in [4.78, 5) is 0. The van der Waals surface area contributed by atoms with Crippen molar-refractivity contribution in [3.8, 4) is 0 Å². The van der Waals surface area contributed by atoms with Crippen molar-refractivity contribution in [2.45, 2.75) is 162 Å². The molecule has 0 aliphatic carbocycles. The van der Waals surface area contributed by atoms with Crippen molar-refractivity contribution in [1.82, 2.24) is 0 Å². The summed E-state index contributed by atoms with van der Waals surface area (Å²) in [6.45, 7) is 6.88. The van der Waals surface area contributed by atoms with Crippen molar-refractivity contribution in [3.63, 3.8) is 0 Å². The van der Waals surface area contributed by atoms with Gasteiger partial charge in [0, 0.05) is 6.04 Å². The molecular formula is C27H56ClN. The number of hydrogen-bond acceptors (Lipinski definition) is 1. The highest BCUT2D eigenvalue weighted by molar-refractivity contribution is 5.85. The van der Waals surface area contributed by atoms with Crippen LogP contribution in [0, 0.1) is 0 Å². The highest BCUT2D eigenvalue weighted by Crippen LogP contribution is 2.20. The molecule has 0 rings (SSSR count). The molecule has 0 aromatic rings. The second kappa shape index (κ2) is 26.0. The fourth-order valence-electron chi connectivity index (χ4n) is 4.10. The molecule has 1 nitrogen and oxygen atoms in total. The largest absolute Gasteiger partial charge is 0.324 e.